The van der Waals surface area contributed by atoms with Crippen LogP contribution in [0.15, 0.2) is 12.1 Å². The molecule has 0 spiro atoms. The van der Waals surface area contributed by atoms with Crippen LogP contribution in [0, 0.1) is 6.92 Å². The fourth-order valence-corrected chi connectivity index (χ4v) is 2.28. The number of aryl methyl sites for hydroxylation is 1. The van der Waals surface area contributed by atoms with Crippen LogP contribution in [0.1, 0.15) is 29.0 Å². The van der Waals surface area contributed by atoms with E-state index in [-0.39, 0.29) is 6.10 Å². The van der Waals surface area contributed by atoms with E-state index in [1.54, 1.807) is 11.3 Å². The first kappa shape index (κ1) is 10.7. The van der Waals surface area contributed by atoms with Crippen molar-refractivity contribution in [3.8, 4) is 0 Å². The maximum Gasteiger partial charge on any atom is 0.0668 e. The number of thiophene rings is 1. The third-order valence-electron chi connectivity index (χ3n) is 2.14. The van der Waals surface area contributed by atoms with Crippen LogP contribution >= 0.6 is 11.3 Å². The summed E-state index contributed by atoms with van der Waals surface area (Å²) in [7, 11) is 0. The topological polar surface area (TPSA) is 46.2 Å². The van der Waals surface area contributed by atoms with Crippen LogP contribution in [0.2, 0.25) is 0 Å². The predicted octanol–water partition coefficient (Wildman–Crippen LogP) is 1.87. The van der Waals surface area contributed by atoms with Crippen molar-refractivity contribution in [3.63, 3.8) is 0 Å². The summed E-state index contributed by atoms with van der Waals surface area (Å²) in [5.74, 6) is 0.414. The van der Waals surface area contributed by atoms with Crippen molar-refractivity contribution in [2.24, 2.45) is 5.73 Å². The highest BCUT2D eigenvalue weighted by molar-refractivity contribution is 7.12. The Morgan fingerprint density at radius 2 is 2.23 bits per heavy atom. The predicted molar refractivity (Wildman–Crippen MR) is 57.1 cm³/mol. The minimum atomic E-state index is -0.364. The van der Waals surface area contributed by atoms with E-state index in [1.165, 1.54) is 9.75 Å². The van der Waals surface area contributed by atoms with Crippen LogP contribution in [-0.2, 0) is 0 Å². The van der Waals surface area contributed by atoms with Crippen LogP contribution in [0.5, 0.6) is 0 Å². The summed E-state index contributed by atoms with van der Waals surface area (Å²) in [6.45, 7) is 4.58. The molecule has 0 aliphatic rings. The molecule has 3 heteroatoms. The van der Waals surface area contributed by atoms with Gasteiger partial charge in [0.2, 0.25) is 0 Å². The Balaban J connectivity index is 2.53. The van der Waals surface area contributed by atoms with Crippen LogP contribution in [0.3, 0.4) is 0 Å². The standard InChI is InChI=1S/C10H17NOS/c1-7(5-9(12)6-11)10-4-3-8(2)13-10/h3-4,7,9,12H,5-6,11H2,1-2H3. The Hall–Kier alpha value is -0.380. The highest BCUT2D eigenvalue weighted by Gasteiger charge is 2.12. The number of nitrogens with two attached hydrogens (primary N) is 1. The highest BCUT2D eigenvalue weighted by Crippen LogP contribution is 2.27. The Morgan fingerprint density at radius 3 is 2.69 bits per heavy atom. The summed E-state index contributed by atoms with van der Waals surface area (Å²) in [5, 5.41) is 9.38. The molecule has 1 heterocycles. The molecule has 3 N–H and O–H groups in total. The van der Waals surface area contributed by atoms with Crippen molar-refractivity contribution in [1.29, 1.82) is 0 Å². The van der Waals surface area contributed by atoms with Crippen LogP contribution < -0.4 is 5.73 Å². The van der Waals surface area contributed by atoms with Gasteiger partial charge in [0.25, 0.3) is 0 Å². The molecule has 0 saturated heterocycles. The maximum atomic E-state index is 9.38. The summed E-state index contributed by atoms with van der Waals surface area (Å²) in [6.07, 6.45) is 0.397. The number of aliphatic hydroxyl groups is 1. The van der Waals surface area contributed by atoms with Crippen LogP contribution in [0.4, 0.5) is 0 Å². The van der Waals surface area contributed by atoms with Gasteiger partial charge in [-0.25, -0.2) is 0 Å². The zero-order valence-electron chi connectivity index (χ0n) is 8.16. The second-order valence-corrected chi connectivity index (χ2v) is 4.79. The quantitative estimate of drug-likeness (QED) is 0.777. The molecule has 1 aromatic rings. The van der Waals surface area contributed by atoms with E-state index in [4.69, 9.17) is 5.73 Å². The van der Waals surface area contributed by atoms with Gasteiger partial charge >= 0.3 is 0 Å². The van der Waals surface area contributed by atoms with Gasteiger partial charge in [-0.1, -0.05) is 6.92 Å². The van der Waals surface area contributed by atoms with Crippen LogP contribution in [0.25, 0.3) is 0 Å². The Kier molecular flexibility index (Phi) is 3.90. The highest BCUT2D eigenvalue weighted by atomic mass is 32.1. The lowest BCUT2D eigenvalue weighted by Crippen LogP contribution is -2.21. The van der Waals surface area contributed by atoms with E-state index in [1.807, 2.05) is 0 Å². The molecule has 2 nitrogen and oxygen atoms in total. The van der Waals surface area contributed by atoms with Crippen molar-refractivity contribution in [3.05, 3.63) is 21.9 Å². The lowest BCUT2D eigenvalue weighted by Gasteiger charge is -2.13. The van der Waals surface area contributed by atoms with Gasteiger partial charge in [0.05, 0.1) is 6.10 Å². The molecule has 0 saturated carbocycles. The normalized spacial score (nSPS) is 15.7. The summed E-state index contributed by atoms with van der Waals surface area (Å²) >= 11 is 1.80. The molecule has 13 heavy (non-hydrogen) atoms. The lowest BCUT2D eigenvalue weighted by molar-refractivity contribution is 0.165. The second-order valence-electron chi connectivity index (χ2n) is 3.47. The average molecular weight is 199 g/mol. The molecular weight excluding hydrogens is 182 g/mol. The molecule has 0 bridgehead atoms. The fourth-order valence-electron chi connectivity index (χ4n) is 1.34. The van der Waals surface area contributed by atoms with Gasteiger partial charge in [0, 0.05) is 16.3 Å². The number of aliphatic hydroxyl groups excluding tert-OH is 1. The van der Waals surface area contributed by atoms with E-state index in [2.05, 4.69) is 26.0 Å². The van der Waals surface area contributed by atoms with E-state index in [0.29, 0.717) is 12.5 Å². The molecule has 0 amide bonds. The summed E-state index contributed by atoms with van der Waals surface area (Å²) in [5.41, 5.74) is 5.36. The molecule has 0 radical (unpaired) electrons. The maximum absolute atomic E-state index is 9.38. The average Bonchev–Trinajstić information content (AvgIpc) is 2.51. The molecular formula is C10H17NOS. The van der Waals surface area contributed by atoms with Gasteiger partial charge < -0.3 is 10.8 Å². The fraction of sp³-hybridized carbons (Fsp3) is 0.600. The molecule has 1 rings (SSSR count). The van der Waals surface area contributed by atoms with Gasteiger partial charge in [0.15, 0.2) is 0 Å². The van der Waals surface area contributed by atoms with E-state index >= 15 is 0 Å². The van der Waals surface area contributed by atoms with Gasteiger partial charge in [-0.05, 0) is 31.4 Å². The molecule has 74 valence electrons. The van der Waals surface area contributed by atoms with E-state index in [9.17, 15) is 5.11 Å². The number of rotatable bonds is 4. The number of hydrogen-bond donors (Lipinski definition) is 2. The van der Waals surface area contributed by atoms with Crippen molar-refractivity contribution in [2.75, 3.05) is 6.54 Å². The smallest absolute Gasteiger partial charge is 0.0668 e. The van der Waals surface area contributed by atoms with Gasteiger partial charge in [-0.2, -0.15) is 0 Å². The Morgan fingerprint density at radius 1 is 1.54 bits per heavy atom. The Labute approximate surface area is 83.4 Å². The minimum Gasteiger partial charge on any atom is -0.392 e. The molecule has 0 aliphatic heterocycles. The molecule has 2 atom stereocenters. The SMILES string of the molecule is Cc1ccc(C(C)CC(O)CN)s1. The first-order valence-corrected chi connectivity index (χ1v) is 5.39. The summed E-state index contributed by atoms with van der Waals surface area (Å²) in [6, 6.07) is 4.25. The molecule has 0 aliphatic carbocycles. The van der Waals surface area contributed by atoms with E-state index < -0.39 is 0 Å². The summed E-state index contributed by atoms with van der Waals surface area (Å²) < 4.78 is 0. The zero-order chi connectivity index (χ0) is 9.84. The Bertz CT molecular complexity index is 259. The van der Waals surface area contributed by atoms with Crippen molar-refractivity contribution >= 4 is 11.3 Å². The van der Waals surface area contributed by atoms with Gasteiger partial charge in [0.1, 0.15) is 0 Å². The zero-order valence-corrected chi connectivity index (χ0v) is 8.97. The third kappa shape index (κ3) is 3.10. The van der Waals surface area contributed by atoms with Gasteiger partial charge in [-0.15, -0.1) is 11.3 Å². The van der Waals surface area contributed by atoms with Gasteiger partial charge in [-0.3, -0.25) is 0 Å². The molecule has 0 aromatic carbocycles. The van der Waals surface area contributed by atoms with Crippen molar-refractivity contribution in [1.82, 2.24) is 0 Å². The first-order chi connectivity index (χ1) is 6.13. The molecule has 0 fully saturated rings. The third-order valence-corrected chi connectivity index (χ3v) is 3.38. The first-order valence-electron chi connectivity index (χ1n) is 4.58. The molecule has 1 aromatic heterocycles. The van der Waals surface area contributed by atoms with Crippen molar-refractivity contribution < 1.29 is 5.11 Å². The largest absolute Gasteiger partial charge is 0.392 e. The second kappa shape index (κ2) is 4.74. The summed E-state index contributed by atoms with van der Waals surface area (Å²) in [4.78, 5) is 2.66. The minimum absolute atomic E-state index is 0.356. The van der Waals surface area contributed by atoms with Crippen molar-refractivity contribution in [2.45, 2.75) is 32.3 Å². The monoisotopic (exact) mass is 199 g/mol. The lowest BCUT2D eigenvalue weighted by atomic mass is 10.0. The van der Waals surface area contributed by atoms with Crippen LogP contribution in [-0.4, -0.2) is 17.8 Å². The molecule has 2 unspecified atom stereocenters. The number of hydrogen-bond acceptors (Lipinski definition) is 3. The van der Waals surface area contributed by atoms with E-state index in [0.717, 1.165) is 6.42 Å².